The molecule has 0 spiro atoms. The zero-order chi connectivity index (χ0) is 22.2. The van der Waals surface area contributed by atoms with Gasteiger partial charge in [-0.15, -0.1) is 0 Å². The van der Waals surface area contributed by atoms with Crippen LogP contribution in [0.3, 0.4) is 0 Å². The summed E-state index contributed by atoms with van der Waals surface area (Å²) in [5, 5.41) is 11.5. The lowest BCUT2D eigenvalue weighted by molar-refractivity contribution is 0.0342. The molecule has 2 N–H and O–H groups in total. The number of rotatable bonds is 8. The number of nitrogens with zero attached hydrogens (tertiary/aromatic N) is 4. The van der Waals surface area contributed by atoms with Gasteiger partial charge in [-0.05, 0) is 50.8 Å². The number of aromatic nitrogens is 2. The molecule has 1 fully saturated rings. The Morgan fingerprint density at radius 2 is 1.84 bits per heavy atom. The van der Waals surface area contributed by atoms with E-state index in [-0.39, 0.29) is 6.04 Å². The van der Waals surface area contributed by atoms with E-state index < -0.39 is 0 Å². The number of morpholine rings is 1. The van der Waals surface area contributed by atoms with E-state index in [1.807, 2.05) is 11.7 Å². The molecule has 0 saturated carbocycles. The van der Waals surface area contributed by atoms with Crippen LogP contribution < -0.4 is 10.6 Å². The van der Waals surface area contributed by atoms with E-state index in [9.17, 15) is 0 Å². The van der Waals surface area contributed by atoms with Gasteiger partial charge in [0.1, 0.15) is 0 Å². The van der Waals surface area contributed by atoms with Gasteiger partial charge in [0.15, 0.2) is 5.96 Å². The third kappa shape index (κ3) is 6.80. The van der Waals surface area contributed by atoms with Gasteiger partial charge in [-0.1, -0.05) is 24.3 Å². The molecule has 0 bridgehead atoms. The minimum atomic E-state index is 0.260. The molecule has 1 unspecified atom stereocenters. The van der Waals surface area contributed by atoms with Gasteiger partial charge in [-0.25, -0.2) is 4.99 Å². The van der Waals surface area contributed by atoms with Gasteiger partial charge in [-0.3, -0.25) is 9.58 Å². The number of aliphatic imine (C=N–C) groups is 1. The molecule has 1 saturated heterocycles. The van der Waals surface area contributed by atoms with E-state index in [1.54, 1.807) is 0 Å². The number of aryl methyl sites for hydroxylation is 2. The molecule has 1 atom stereocenters. The van der Waals surface area contributed by atoms with Crippen LogP contribution in [0.25, 0.3) is 0 Å². The standard InChI is InChI=1S/C24H38N6O/c1-6-25-24(27-18(2)15-23-19(3)28-29(5)20(23)4)26-16-21-7-9-22(10-8-21)17-30-11-13-31-14-12-30/h7-10,18H,6,11-17H2,1-5H3,(H2,25,26,27). The Kier molecular flexibility index (Phi) is 8.49. The second-order valence-electron chi connectivity index (χ2n) is 8.42. The molecule has 3 rings (SSSR count). The van der Waals surface area contributed by atoms with Crippen molar-refractivity contribution in [3.8, 4) is 0 Å². The largest absolute Gasteiger partial charge is 0.379 e. The predicted molar refractivity (Wildman–Crippen MR) is 126 cm³/mol. The average molecular weight is 427 g/mol. The highest BCUT2D eigenvalue weighted by Gasteiger charge is 2.14. The fourth-order valence-corrected chi connectivity index (χ4v) is 3.96. The molecule has 31 heavy (non-hydrogen) atoms. The van der Waals surface area contributed by atoms with Gasteiger partial charge in [0.2, 0.25) is 0 Å². The highest BCUT2D eigenvalue weighted by Crippen LogP contribution is 2.14. The molecule has 1 aromatic carbocycles. The Labute approximate surface area is 186 Å². The van der Waals surface area contributed by atoms with Crippen molar-refractivity contribution in [2.75, 3.05) is 32.8 Å². The summed E-state index contributed by atoms with van der Waals surface area (Å²) in [5.74, 6) is 0.853. The van der Waals surface area contributed by atoms with Crippen LogP contribution in [0.15, 0.2) is 29.3 Å². The topological polar surface area (TPSA) is 66.7 Å². The third-order valence-corrected chi connectivity index (χ3v) is 5.85. The Balaban J connectivity index is 1.55. The summed E-state index contributed by atoms with van der Waals surface area (Å²) >= 11 is 0. The summed E-state index contributed by atoms with van der Waals surface area (Å²) in [6, 6.07) is 9.08. The molecule has 2 aromatic rings. The molecule has 0 aliphatic carbocycles. The zero-order valence-electron chi connectivity index (χ0n) is 19.7. The molecule has 1 aliphatic heterocycles. The van der Waals surface area contributed by atoms with Crippen LogP contribution >= 0.6 is 0 Å². The molecule has 170 valence electrons. The van der Waals surface area contributed by atoms with Crippen molar-refractivity contribution in [1.29, 1.82) is 0 Å². The number of nitrogens with one attached hydrogen (secondary N) is 2. The normalized spacial score (nSPS) is 16.4. The van der Waals surface area contributed by atoms with Crippen molar-refractivity contribution < 1.29 is 4.74 Å². The van der Waals surface area contributed by atoms with E-state index in [0.717, 1.165) is 57.5 Å². The lowest BCUT2D eigenvalue weighted by Crippen LogP contribution is -2.43. The van der Waals surface area contributed by atoms with Crippen LogP contribution in [0.4, 0.5) is 0 Å². The van der Waals surface area contributed by atoms with Gasteiger partial charge in [-0.2, -0.15) is 5.10 Å². The molecule has 0 amide bonds. The second kappa shape index (κ2) is 11.3. The van der Waals surface area contributed by atoms with E-state index in [2.05, 4.69) is 72.6 Å². The maximum absolute atomic E-state index is 5.43. The smallest absolute Gasteiger partial charge is 0.191 e. The molecule has 7 heteroatoms. The van der Waals surface area contributed by atoms with Crippen LogP contribution in [0, 0.1) is 13.8 Å². The number of hydrogen-bond donors (Lipinski definition) is 2. The summed E-state index contributed by atoms with van der Waals surface area (Å²) in [5.41, 5.74) is 6.21. The molecular formula is C24H38N6O. The van der Waals surface area contributed by atoms with Gasteiger partial charge in [0.05, 0.1) is 25.5 Å². The van der Waals surface area contributed by atoms with Crippen molar-refractivity contribution in [3.05, 3.63) is 52.3 Å². The minimum absolute atomic E-state index is 0.260. The van der Waals surface area contributed by atoms with Crippen molar-refractivity contribution in [1.82, 2.24) is 25.3 Å². The first-order valence-corrected chi connectivity index (χ1v) is 11.4. The Morgan fingerprint density at radius 3 is 2.45 bits per heavy atom. The maximum atomic E-state index is 5.43. The van der Waals surface area contributed by atoms with E-state index in [4.69, 9.17) is 9.73 Å². The van der Waals surface area contributed by atoms with Gasteiger partial charge in [0.25, 0.3) is 0 Å². The fourth-order valence-electron chi connectivity index (χ4n) is 3.96. The SMILES string of the molecule is CCNC(=NCc1ccc(CN2CCOCC2)cc1)NC(C)Cc1c(C)nn(C)c1C. The van der Waals surface area contributed by atoms with Gasteiger partial charge >= 0.3 is 0 Å². The summed E-state index contributed by atoms with van der Waals surface area (Å²) < 4.78 is 7.39. The first-order chi connectivity index (χ1) is 15.0. The average Bonchev–Trinajstić information content (AvgIpc) is 3.00. The summed E-state index contributed by atoms with van der Waals surface area (Å²) in [7, 11) is 2.00. The number of benzene rings is 1. The fraction of sp³-hybridized carbons (Fsp3) is 0.583. The van der Waals surface area contributed by atoms with Crippen LogP contribution in [0.5, 0.6) is 0 Å². The summed E-state index contributed by atoms with van der Waals surface area (Å²) in [6.45, 7) is 14.7. The Bertz CT molecular complexity index is 852. The summed E-state index contributed by atoms with van der Waals surface area (Å²) in [4.78, 5) is 7.25. The highest BCUT2D eigenvalue weighted by atomic mass is 16.5. The Morgan fingerprint density at radius 1 is 1.16 bits per heavy atom. The van der Waals surface area contributed by atoms with Crippen LogP contribution in [-0.2, 0) is 31.3 Å². The van der Waals surface area contributed by atoms with Crippen LogP contribution in [0.1, 0.15) is 41.9 Å². The first-order valence-electron chi connectivity index (χ1n) is 11.4. The van der Waals surface area contributed by atoms with Crippen molar-refractivity contribution in [2.24, 2.45) is 12.0 Å². The van der Waals surface area contributed by atoms with Crippen molar-refractivity contribution in [2.45, 2.75) is 53.2 Å². The third-order valence-electron chi connectivity index (χ3n) is 5.85. The molecule has 2 heterocycles. The monoisotopic (exact) mass is 426 g/mol. The van der Waals surface area contributed by atoms with Gasteiger partial charge in [0, 0.05) is 45.0 Å². The second-order valence-corrected chi connectivity index (χ2v) is 8.42. The Hall–Kier alpha value is -2.38. The van der Waals surface area contributed by atoms with Crippen LogP contribution in [0.2, 0.25) is 0 Å². The van der Waals surface area contributed by atoms with Crippen molar-refractivity contribution in [3.63, 3.8) is 0 Å². The number of ether oxygens (including phenoxy) is 1. The molecule has 1 aliphatic rings. The van der Waals surface area contributed by atoms with Gasteiger partial charge < -0.3 is 15.4 Å². The van der Waals surface area contributed by atoms with Crippen molar-refractivity contribution >= 4 is 5.96 Å². The number of hydrogen-bond acceptors (Lipinski definition) is 4. The zero-order valence-corrected chi connectivity index (χ0v) is 19.7. The molecular weight excluding hydrogens is 388 g/mol. The molecule has 7 nitrogen and oxygen atoms in total. The predicted octanol–water partition coefficient (Wildman–Crippen LogP) is 2.56. The molecule has 0 radical (unpaired) electrons. The summed E-state index contributed by atoms with van der Waals surface area (Å²) in [6.07, 6.45) is 0.923. The maximum Gasteiger partial charge on any atom is 0.191 e. The van der Waals surface area contributed by atoms with Crippen LogP contribution in [-0.4, -0.2) is 59.5 Å². The lowest BCUT2D eigenvalue weighted by Gasteiger charge is -2.26. The first kappa shape index (κ1) is 23.3. The minimum Gasteiger partial charge on any atom is -0.379 e. The lowest BCUT2D eigenvalue weighted by atomic mass is 10.1. The van der Waals surface area contributed by atoms with E-state index in [0.29, 0.717) is 6.54 Å². The van der Waals surface area contributed by atoms with E-state index >= 15 is 0 Å². The molecule has 1 aromatic heterocycles. The number of guanidine groups is 1. The quantitative estimate of drug-likeness (QED) is 0.502. The van der Waals surface area contributed by atoms with E-state index in [1.165, 1.54) is 22.4 Å². The highest BCUT2D eigenvalue weighted by molar-refractivity contribution is 5.80.